The topological polar surface area (TPSA) is 113 Å². The molecule has 0 aliphatic carbocycles. The molecule has 1 unspecified atom stereocenters. The molecule has 4 aromatic rings. The Hall–Kier alpha value is -4.55. The number of halogens is 5. The van der Waals surface area contributed by atoms with Gasteiger partial charge in [-0.05, 0) is 30.2 Å². The van der Waals surface area contributed by atoms with E-state index < -0.39 is 23.8 Å². The van der Waals surface area contributed by atoms with Crippen molar-refractivity contribution >= 4 is 11.9 Å². The lowest BCUT2D eigenvalue weighted by atomic mass is 10.0. The summed E-state index contributed by atoms with van der Waals surface area (Å²) in [6, 6.07) is 14.2. The number of carboxylic acid groups (broad SMARTS) is 1. The van der Waals surface area contributed by atoms with E-state index in [1.54, 1.807) is 12.5 Å². The molecule has 0 fully saturated rings. The zero-order valence-corrected chi connectivity index (χ0v) is 18.9. The maximum absolute atomic E-state index is 13.5. The first-order valence-corrected chi connectivity index (χ1v) is 10.7. The summed E-state index contributed by atoms with van der Waals surface area (Å²) in [5.74, 6) is -4.55. The fourth-order valence-corrected chi connectivity index (χ4v) is 3.25. The summed E-state index contributed by atoms with van der Waals surface area (Å²) >= 11 is 0. The molecule has 1 amide bonds. The van der Waals surface area contributed by atoms with Crippen molar-refractivity contribution < 1.29 is 36.6 Å². The number of carbonyl (C=O) groups excluding carboxylic acids is 1. The minimum Gasteiger partial charge on any atom is -0.475 e. The summed E-state index contributed by atoms with van der Waals surface area (Å²) < 4.78 is 59.9. The van der Waals surface area contributed by atoms with E-state index in [0.717, 1.165) is 29.5 Å². The van der Waals surface area contributed by atoms with Crippen LogP contribution in [0, 0.1) is 11.6 Å². The van der Waals surface area contributed by atoms with Crippen LogP contribution >= 0.6 is 0 Å². The molecule has 194 valence electrons. The van der Waals surface area contributed by atoms with Crippen LogP contribution in [0.3, 0.4) is 0 Å². The number of hydrogen-bond donors (Lipinski definition) is 3. The Morgan fingerprint density at radius 1 is 1.03 bits per heavy atom. The summed E-state index contributed by atoms with van der Waals surface area (Å²) in [6.45, 7) is 0. The predicted molar refractivity (Wildman–Crippen MR) is 121 cm³/mol. The summed E-state index contributed by atoms with van der Waals surface area (Å²) in [5.41, 5.74) is 2.34. The second kappa shape index (κ2) is 11.9. The first kappa shape index (κ1) is 27.0. The number of hydrogen-bond acceptors (Lipinski definition) is 4. The molecule has 13 heteroatoms. The third-order valence-electron chi connectivity index (χ3n) is 4.86. The minimum atomic E-state index is -5.08. The number of alkyl halides is 3. The number of aromatic amines is 1. The van der Waals surface area contributed by atoms with Gasteiger partial charge in [0.1, 0.15) is 11.6 Å². The third-order valence-corrected chi connectivity index (χ3v) is 4.86. The number of H-pyrrole nitrogens is 1. The molecule has 2 aromatic heterocycles. The zero-order valence-electron chi connectivity index (χ0n) is 18.9. The van der Waals surface area contributed by atoms with Gasteiger partial charge in [0.05, 0.1) is 12.0 Å². The molecular weight excluding hydrogens is 501 g/mol. The average Bonchev–Trinajstić information content (AvgIpc) is 3.51. The van der Waals surface area contributed by atoms with Gasteiger partial charge in [0, 0.05) is 36.6 Å². The normalized spacial score (nSPS) is 11.8. The predicted octanol–water partition coefficient (Wildman–Crippen LogP) is 4.09. The lowest BCUT2D eigenvalue weighted by Crippen LogP contribution is -2.38. The monoisotopic (exact) mass is 521 g/mol. The standard InChI is InChI=1S/C22H19F2N5O.C2HF3O2/c23-16-9-17(24)11-20(10-16)29-7-6-21(28-29)22(30)27-18(12-19-13-25-14-26-19)8-15-4-2-1-3-5-15;3-2(4,5)1(6)7/h1-7,9-11,13-14,18H,8,12H2,(H,25,26)(H,27,30);(H,6,7). The molecule has 2 heterocycles. The van der Waals surface area contributed by atoms with E-state index in [0.29, 0.717) is 12.8 Å². The van der Waals surface area contributed by atoms with E-state index in [9.17, 15) is 26.7 Å². The number of carboxylic acids is 1. The SMILES string of the molecule is O=C(NC(Cc1ccccc1)Cc1cnc[nH]1)c1ccn(-c2cc(F)cc(F)c2)n1.O=C(O)C(F)(F)F. The Kier molecular flexibility index (Phi) is 8.72. The van der Waals surface area contributed by atoms with Gasteiger partial charge in [0.2, 0.25) is 0 Å². The number of carbonyl (C=O) groups is 2. The molecule has 0 saturated carbocycles. The molecule has 0 aliphatic heterocycles. The Bertz CT molecular complexity index is 1300. The van der Waals surface area contributed by atoms with Crippen LogP contribution < -0.4 is 5.32 Å². The Morgan fingerprint density at radius 2 is 1.68 bits per heavy atom. The van der Waals surface area contributed by atoms with Crippen molar-refractivity contribution in [2.24, 2.45) is 0 Å². The average molecular weight is 521 g/mol. The first-order valence-electron chi connectivity index (χ1n) is 10.7. The van der Waals surface area contributed by atoms with Gasteiger partial charge in [0.15, 0.2) is 5.69 Å². The number of aliphatic carboxylic acids is 1. The van der Waals surface area contributed by atoms with E-state index in [-0.39, 0.29) is 23.3 Å². The van der Waals surface area contributed by atoms with Crippen LogP contribution in [-0.4, -0.2) is 48.9 Å². The highest BCUT2D eigenvalue weighted by Gasteiger charge is 2.38. The van der Waals surface area contributed by atoms with E-state index >= 15 is 0 Å². The third kappa shape index (κ3) is 8.26. The highest BCUT2D eigenvalue weighted by atomic mass is 19.4. The molecule has 0 saturated heterocycles. The van der Waals surface area contributed by atoms with Crippen molar-refractivity contribution in [3.05, 3.63) is 102 Å². The number of benzene rings is 2. The zero-order chi connectivity index (χ0) is 27.0. The molecule has 8 nitrogen and oxygen atoms in total. The Morgan fingerprint density at radius 3 is 2.24 bits per heavy atom. The van der Waals surface area contributed by atoms with Gasteiger partial charge in [0.25, 0.3) is 5.91 Å². The second-order valence-corrected chi connectivity index (χ2v) is 7.72. The van der Waals surface area contributed by atoms with Crippen LogP contribution in [-0.2, 0) is 17.6 Å². The summed E-state index contributed by atoms with van der Waals surface area (Å²) in [5, 5.41) is 14.3. The van der Waals surface area contributed by atoms with Crippen molar-refractivity contribution in [3.63, 3.8) is 0 Å². The molecule has 0 aliphatic rings. The van der Waals surface area contributed by atoms with Gasteiger partial charge in [-0.15, -0.1) is 0 Å². The van der Waals surface area contributed by atoms with Crippen molar-refractivity contribution in [1.29, 1.82) is 0 Å². The van der Waals surface area contributed by atoms with Crippen LogP contribution in [0.5, 0.6) is 0 Å². The van der Waals surface area contributed by atoms with Gasteiger partial charge in [-0.25, -0.2) is 23.2 Å². The summed E-state index contributed by atoms with van der Waals surface area (Å²) in [6.07, 6.45) is 0.913. The summed E-state index contributed by atoms with van der Waals surface area (Å²) in [7, 11) is 0. The number of rotatable bonds is 7. The first-order chi connectivity index (χ1) is 17.5. The van der Waals surface area contributed by atoms with E-state index in [1.807, 2.05) is 30.3 Å². The van der Waals surface area contributed by atoms with Crippen LogP contribution in [0.25, 0.3) is 5.69 Å². The van der Waals surface area contributed by atoms with Crippen molar-refractivity contribution in [2.45, 2.75) is 25.1 Å². The number of nitrogens with one attached hydrogen (secondary N) is 2. The van der Waals surface area contributed by atoms with E-state index in [2.05, 4.69) is 20.4 Å². The fourth-order valence-electron chi connectivity index (χ4n) is 3.25. The molecular formula is C24H20F5N5O3. The van der Waals surface area contributed by atoms with Gasteiger partial charge < -0.3 is 15.4 Å². The van der Waals surface area contributed by atoms with Crippen molar-refractivity contribution in [2.75, 3.05) is 0 Å². The highest BCUT2D eigenvalue weighted by Crippen LogP contribution is 2.14. The minimum absolute atomic E-state index is 0.155. The van der Waals surface area contributed by atoms with Gasteiger partial charge in [-0.3, -0.25) is 4.79 Å². The molecule has 37 heavy (non-hydrogen) atoms. The highest BCUT2D eigenvalue weighted by molar-refractivity contribution is 5.92. The quantitative estimate of drug-likeness (QED) is 0.317. The van der Waals surface area contributed by atoms with E-state index in [4.69, 9.17) is 9.90 Å². The molecule has 1 atom stereocenters. The molecule has 3 N–H and O–H groups in total. The maximum atomic E-state index is 13.5. The largest absolute Gasteiger partial charge is 0.490 e. The Balaban J connectivity index is 0.000000479. The molecule has 2 aromatic carbocycles. The van der Waals surface area contributed by atoms with Crippen molar-refractivity contribution in [3.8, 4) is 5.69 Å². The number of aromatic nitrogens is 4. The molecule has 4 rings (SSSR count). The Labute approximate surface area is 206 Å². The lowest BCUT2D eigenvalue weighted by Gasteiger charge is -2.18. The van der Waals surface area contributed by atoms with Crippen LogP contribution in [0.1, 0.15) is 21.7 Å². The van der Waals surface area contributed by atoms with Crippen LogP contribution in [0.4, 0.5) is 22.0 Å². The van der Waals surface area contributed by atoms with Crippen LogP contribution in [0.2, 0.25) is 0 Å². The van der Waals surface area contributed by atoms with Gasteiger partial charge in [-0.2, -0.15) is 18.3 Å². The van der Waals surface area contributed by atoms with Gasteiger partial charge in [-0.1, -0.05) is 30.3 Å². The summed E-state index contributed by atoms with van der Waals surface area (Å²) in [4.78, 5) is 28.8. The van der Waals surface area contributed by atoms with Gasteiger partial charge >= 0.3 is 12.1 Å². The van der Waals surface area contributed by atoms with Crippen LogP contribution in [0.15, 0.2) is 73.3 Å². The smallest absolute Gasteiger partial charge is 0.475 e. The number of nitrogens with zero attached hydrogens (tertiary/aromatic N) is 3. The number of imidazole rings is 1. The lowest BCUT2D eigenvalue weighted by molar-refractivity contribution is -0.192. The molecule has 0 bridgehead atoms. The van der Waals surface area contributed by atoms with E-state index in [1.165, 1.54) is 16.9 Å². The fraction of sp³-hybridized carbons (Fsp3) is 0.167. The molecule has 0 spiro atoms. The van der Waals surface area contributed by atoms with Crippen molar-refractivity contribution in [1.82, 2.24) is 25.1 Å². The molecule has 0 radical (unpaired) electrons. The second-order valence-electron chi connectivity index (χ2n) is 7.72. The maximum Gasteiger partial charge on any atom is 0.490 e. The number of amides is 1.